The third-order valence-electron chi connectivity index (χ3n) is 3.18. The van der Waals surface area contributed by atoms with Gasteiger partial charge >= 0.3 is 0 Å². The SMILES string of the molecule is CCCCCC[N+](C)=CN(C)c1ccc(C)cc1. The van der Waals surface area contributed by atoms with E-state index in [4.69, 9.17) is 0 Å². The summed E-state index contributed by atoms with van der Waals surface area (Å²) in [6.07, 6.45) is 7.44. The molecule has 0 saturated carbocycles. The predicted octanol–water partition coefficient (Wildman–Crippen LogP) is 3.68. The van der Waals surface area contributed by atoms with Crippen molar-refractivity contribution < 1.29 is 4.58 Å². The summed E-state index contributed by atoms with van der Waals surface area (Å²) < 4.78 is 2.27. The monoisotopic (exact) mass is 247 g/mol. The van der Waals surface area contributed by atoms with Crippen molar-refractivity contribution >= 4 is 12.0 Å². The molecule has 2 heteroatoms. The van der Waals surface area contributed by atoms with Gasteiger partial charge in [0.05, 0.1) is 20.6 Å². The first kappa shape index (κ1) is 14.7. The fraction of sp³-hybridized carbons (Fsp3) is 0.562. The van der Waals surface area contributed by atoms with Crippen molar-refractivity contribution in [3.63, 3.8) is 0 Å². The van der Waals surface area contributed by atoms with E-state index < -0.39 is 0 Å². The summed E-state index contributed by atoms with van der Waals surface area (Å²) in [5, 5.41) is 0. The second-order valence-electron chi connectivity index (χ2n) is 5.10. The van der Waals surface area contributed by atoms with E-state index >= 15 is 0 Å². The first-order valence-corrected chi connectivity index (χ1v) is 6.98. The summed E-state index contributed by atoms with van der Waals surface area (Å²) in [5.41, 5.74) is 2.54. The van der Waals surface area contributed by atoms with Crippen LogP contribution in [-0.2, 0) is 0 Å². The number of benzene rings is 1. The zero-order valence-corrected chi connectivity index (χ0v) is 12.3. The van der Waals surface area contributed by atoms with E-state index in [9.17, 15) is 0 Å². The minimum absolute atomic E-state index is 1.14. The van der Waals surface area contributed by atoms with Crippen LogP contribution in [-0.4, -0.2) is 31.6 Å². The highest BCUT2D eigenvalue weighted by Crippen LogP contribution is 2.11. The number of aryl methyl sites for hydroxylation is 1. The minimum Gasteiger partial charge on any atom is -0.271 e. The molecule has 0 fully saturated rings. The van der Waals surface area contributed by atoms with E-state index in [0.29, 0.717) is 0 Å². The molecular formula is C16H27N2+. The molecule has 0 aliphatic heterocycles. The van der Waals surface area contributed by atoms with E-state index in [1.54, 1.807) is 0 Å². The van der Waals surface area contributed by atoms with Gasteiger partial charge in [0.25, 0.3) is 0 Å². The molecule has 0 radical (unpaired) electrons. The smallest absolute Gasteiger partial charge is 0.238 e. The molecular weight excluding hydrogens is 220 g/mol. The first-order valence-electron chi connectivity index (χ1n) is 6.98. The Hall–Kier alpha value is -1.31. The number of hydrogen-bond donors (Lipinski definition) is 0. The number of anilines is 1. The molecule has 0 atom stereocenters. The Labute approximate surface area is 112 Å². The Morgan fingerprint density at radius 1 is 1.11 bits per heavy atom. The summed E-state index contributed by atoms with van der Waals surface area (Å²) in [5.74, 6) is 0. The maximum absolute atomic E-state index is 2.27. The third kappa shape index (κ3) is 5.35. The molecule has 0 heterocycles. The molecule has 0 aliphatic rings. The maximum atomic E-state index is 2.27. The zero-order chi connectivity index (χ0) is 13.4. The number of nitrogens with zero attached hydrogens (tertiary/aromatic N) is 2. The van der Waals surface area contributed by atoms with Crippen molar-refractivity contribution in [2.75, 3.05) is 25.5 Å². The van der Waals surface area contributed by atoms with Crippen LogP contribution in [0.2, 0.25) is 0 Å². The molecule has 0 bridgehead atoms. The highest BCUT2D eigenvalue weighted by Gasteiger charge is 2.04. The summed E-state index contributed by atoms with van der Waals surface area (Å²) >= 11 is 0. The summed E-state index contributed by atoms with van der Waals surface area (Å²) in [6, 6.07) is 8.63. The molecule has 2 nitrogen and oxygen atoms in total. The lowest BCUT2D eigenvalue weighted by Gasteiger charge is -2.09. The van der Waals surface area contributed by atoms with Crippen LogP contribution in [0, 0.1) is 6.92 Å². The molecule has 1 aromatic carbocycles. The summed E-state index contributed by atoms with van der Waals surface area (Å²) in [7, 11) is 4.25. The third-order valence-corrected chi connectivity index (χ3v) is 3.18. The quantitative estimate of drug-likeness (QED) is 0.308. The van der Waals surface area contributed by atoms with Crippen LogP contribution in [0.1, 0.15) is 38.2 Å². The van der Waals surface area contributed by atoms with E-state index in [-0.39, 0.29) is 0 Å². The normalized spacial score (nSPS) is 11.7. The van der Waals surface area contributed by atoms with Crippen LogP contribution in [0.15, 0.2) is 24.3 Å². The largest absolute Gasteiger partial charge is 0.271 e. The molecule has 0 N–H and O–H groups in total. The summed E-state index contributed by atoms with van der Waals surface area (Å²) in [4.78, 5) is 2.18. The van der Waals surface area contributed by atoms with Crippen LogP contribution in [0.25, 0.3) is 0 Å². The van der Waals surface area contributed by atoms with Crippen LogP contribution in [0.3, 0.4) is 0 Å². The fourth-order valence-electron chi connectivity index (χ4n) is 1.99. The Bertz CT molecular complexity index is 365. The summed E-state index contributed by atoms with van der Waals surface area (Å²) in [6.45, 7) is 5.50. The second-order valence-corrected chi connectivity index (χ2v) is 5.10. The first-order chi connectivity index (χ1) is 8.63. The minimum atomic E-state index is 1.14. The van der Waals surface area contributed by atoms with Gasteiger partial charge in [0.2, 0.25) is 6.34 Å². The fourth-order valence-corrected chi connectivity index (χ4v) is 1.99. The maximum Gasteiger partial charge on any atom is 0.238 e. The molecule has 18 heavy (non-hydrogen) atoms. The van der Waals surface area contributed by atoms with Gasteiger partial charge in [0.1, 0.15) is 5.69 Å². The van der Waals surface area contributed by atoms with Crippen molar-refractivity contribution in [1.29, 1.82) is 0 Å². The lowest BCUT2D eigenvalue weighted by atomic mass is 10.2. The van der Waals surface area contributed by atoms with Crippen molar-refractivity contribution in [2.45, 2.75) is 39.5 Å². The standard InChI is InChI=1S/C16H27N2/c1-5-6-7-8-13-17(3)14-18(4)16-11-9-15(2)10-12-16/h9-12,14H,5-8,13H2,1-4H3/q+1. The highest BCUT2D eigenvalue weighted by molar-refractivity contribution is 5.74. The highest BCUT2D eigenvalue weighted by atomic mass is 15.2. The lowest BCUT2D eigenvalue weighted by molar-refractivity contribution is -0.494. The number of hydrogen-bond acceptors (Lipinski definition) is 0. The van der Waals surface area contributed by atoms with Crippen molar-refractivity contribution in [1.82, 2.24) is 0 Å². The molecule has 0 aromatic heterocycles. The molecule has 0 spiro atoms. The molecule has 1 rings (SSSR count). The van der Waals surface area contributed by atoms with E-state index in [1.807, 2.05) is 0 Å². The Kier molecular flexibility index (Phi) is 6.48. The molecule has 0 unspecified atom stereocenters. The van der Waals surface area contributed by atoms with Crippen LogP contribution >= 0.6 is 0 Å². The van der Waals surface area contributed by atoms with Gasteiger partial charge < -0.3 is 0 Å². The molecule has 0 saturated heterocycles. The average Bonchev–Trinajstić information content (AvgIpc) is 2.35. The molecule has 100 valence electrons. The number of rotatable bonds is 7. The van der Waals surface area contributed by atoms with Gasteiger partial charge in [-0.1, -0.05) is 37.5 Å². The van der Waals surface area contributed by atoms with Gasteiger partial charge in [-0.2, -0.15) is 0 Å². The zero-order valence-electron chi connectivity index (χ0n) is 12.3. The number of unbranched alkanes of at least 4 members (excludes halogenated alkanes) is 3. The van der Waals surface area contributed by atoms with E-state index in [0.717, 1.165) is 6.54 Å². The van der Waals surface area contributed by atoms with Gasteiger partial charge in [0.15, 0.2) is 0 Å². The van der Waals surface area contributed by atoms with Gasteiger partial charge in [-0.15, -0.1) is 0 Å². The Morgan fingerprint density at radius 3 is 2.39 bits per heavy atom. The molecule has 0 aliphatic carbocycles. The van der Waals surface area contributed by atoms with Gasteiger partial charge in [-0.3, -0.25) is 4.58 Å². The average molecular weight is 247 g/mol. The van der Waals surface area contributed by atoms with Gasteiger partial charge in [-0.25, -0.2) is 4.90 Å². The van der Waals surface area contributed by atoms with Crippen LogP contribution in [0.4, 0.5) is 5.69 Å². The predicted molar refractivity (Wildman–Crippen MR) is 80.8 cm³/mol. The Morgan fingerprint density at radius 2 is 1.78 bits per heavy atom. The van der Waals surface area contributed by atoms with Crippen molar-refractivity contribution in [2.24, 2.45) is 0 Å². The van der Waals surface area contributed by atoms with Crippen molar-refractivity contribution in [3.05, 3.63) is 29.8 Å². The topological polar surface area (TPSA) is 6.25 Å². The van der Waals surface area contributed by atoms with Crippen molar-refractivity contribution in [3.8, 4) is 0 Å². The van der Waals surface area contributed by atoms with Gasteiger partial charge in [-0.05, 0) is 31.9 Å². The molecule has 0 amide bonds. The second kappa shape index (κ2) is 7.91. The lowest BCUT2D eigenvalue weighted by Crippen LogP contribution is -2.23. The molecule has 1 aromatic rings. The van der Waals surface area contributed by atoms with E-state index in [2.05, 4.69) is 68.0 Å². The van der Waals surface area contributed by atoms with E-state index in [1.165, 1.54) is 36.9 Å². The Balaban J connectivity index is 2.46. The van der Waals surface area contributed by atoms with Crippen LogP contribution < -0.4 is 4.90 Å². The van der Waals surface area contributed by atoms with Gasteiger partial charge in [0, 0.05) is 0 Å². The van der Waals surface area contributed by atoms with Crippen LogP contribution in [0.5, 0.6) is 0 Å².